The van der Waals surface area contributed by atoms with Crippen molar-refractivity contribution in [3.63, 3.8) is 0 Å². The molecule has 0 atom stereocenters. The highest BCUT2D eigenvalue weighted by Crippen LogP contribution is 2.03. The Hall–Kier alpha value is -0.160. The van der Waals surface area contributed by atoms with Crippen molar-refractivity contribution in [1.29, 1.82) is 0 Å². The van der Waals surface area contributed by atoms with Crippen molar-refractivity contribution in [2.24, 2.45) is 0 Å². The van der Waals surface area contributed by atoms with Gasteiger partial charge in [-0.2, -0.15) is 0 Å². The van der Waals surface area contributed by atoms with Gasteiger partial charge in [0.25, 0.3) is 0 Å². The molecule has 1 fully saturated rings. The van der Waals surface area contributed by atoms with Crippen LogP contribution >= 0.6 is 0 Å². The van der Waals surface area contributed by atoms with Gasteiger partial charge in [0, 0.05) is 39.3 Å². The molecule has 1 rings (SSSR count). The second-order valence-electron chi connectivity index (χ2n) is 3.06. The molecule has 0 bridgehead atoms. The van der Waals surface area contributed by atoms with Gasteiger partial charge in [0.15, 0.2) is 0 Å². The van der Waals surface area contributed by atoms with Crippen molar-refractivity contribution in [1.82, 2.24) is 10.2 Å². The van der Waals surface area contributed by atoms with Gasteiger partial charge in [-0.3, -0.25) is 4.90 Å². The van der Waals surface area contributed by atoms with Crippen molar-refractivity contribution in [2.75, 3.05) is 46.5 Å². The van der Waals surface area contributed by atoms with Crippen LogP contribution in [0.2, 0.25) is 0 Å². The van der Waals surface area contributed by atoms with Crippen LogP contribution in [0.15, 0.2) is 0 Å². The monoisotopic (exact) mass is 174 g/mol. The number of nitrogens with one attached hydrogen (secondary N) is 1. The van der Waals surface area contributed by atoms with Gasteiger partial charge in [-0.05, 0) is 0 Å². The minimum absolute atomic E-state index is 0.236. The molecule has 12 heavy (non-hydrogen) atoms. The number of rotatable bonds is 6. The number of hydrogen-bond donors (Lipinski definition) is 2. The molecule has 1 aliphatic rings. The summed E-state index contributed by atoms with van der Waals surface area (Å²) in [5, 5.41) is 12.0. The van der Waals surface area contributed by atoms with Gasteiger partial charge in [-0.1, -0.05) is 0 Å². The summed E-state index contributed by atoms with van der Waals surface area (Å²) in [6.45, 7) is 4.75. The summed E-state index contributed by atoms with van der Waals surface area (Å²) in [4.78, 5) is 2.26. The molecule has 0 spiro atoms. The molecule has 0 aliphatic carbocycles. The maximum atomic E-state index is 8.80. The van der Waals surface area contributed by atoms with Crippen LogP contribution in [0.3, 0.4) is 0 Å². The average Bonchev–Trinajstić information content (AvgIpc) is 1.97. The van der Waals surface area contributed by atoms with E-state index < -0.39 is 0 Å². The molecular formula is C8H18N2O2. The van der Waals surface area contributed by atoms with Gasteiger partial charge in [0.05, 0.1) is 13.2 Å². The fourth-order valence-corrected chi connectivity index (χ4v) is 1.35. The lowest BCUT2D eigenvalue weighted by molar-refractivity contribution is 0.0799. The van der Waals surface area contributed by atoms with E-state index in [0.29, 0.717) is 6.04 Å². The largest absolute Gasteiger partial charge is 0.395 e. The number of aliphatic hydroxyl groups excluding tert-OH is 1. The highest BCUT2D eigenvalue weighted by Gasteiger charge is 2.23. The first-order chi connectivity index (χ1) is 5.88. The van der Waals surface area contributed by atoms with E-state index in [0.717, 1.165) is 32.8 Å². The Bertz CT molecular complexity index is 118. The molecule has 72 valence electrons. The second kappa shape index (κ2) is 5.48. The molecule has 0 aromatic carbocycles. The lowest BCUT2D eigenvalue weighted by Crippen LogP contribution is -2.58. The van der Waals surface area contributed by atoms with Crippen LogP contribution in [-0.4, -0.2) is 62.6 Å². The first-order valence-corrected chi connectivity index (χ1v) is 4.43. The molecule has 1 heterocycles. The van der Waals surface area contributed by atoms with Gasteiger partial charge in [0.1, 0.15) is 0 Å². The Morgan fingerprint density at radius 3 is 2.67 bits per heavy atom. The van der Waals surface area contributed by atoms with E-state index in [1.165, 1.54) is 0 Å². The molecule has 0 aromatic heterocycles. The Morgan fingerprint density at radius 2 is 2.25 bits per heavy atom. The normalized spacial score (nSPS) is 18.2. The van der Waals surface area contributed by atoms with Crippen LogP contribution < -0.4 is 5.32 Å². The maximum absolute atomic E-state index is 8.80. The standard InChI is InChI=1S/C8H18N2O2/c1-12-5-3-10(2-4-11)8-6-9-7-8/h8-9,11H,2-7H2,1H3. The van der Waals surface area contributed by atoms with Crippen LogP contribution in [-0.2, 0) is 4.74 Å². The van der Waals surface area contributed by atoms with E-state index >= 15 is 0 Å². The van der Waals surface area contributed by atoms with Crippen molar-refractivity contribution >= 4 is 0 Å². The highest BCUT2D eigenvalue weighted by atomic mass is 16.5. The minimum Gasteiger partial charge on any atom is -0.395 e. The van der Waals surface area contributed by atoms with E-state index in [1.54, 1.807) is 7.11 Å². The number of hydrogen-bond acceptors (Lipinski definition) is 4. The quantitative estimate of drug-likeness (QED) is 0.536. The lowest BCUT2D eigenvalue weighted by atomic mass is 10.1. The first kappa shape index (κ1) is 9.92. The van der Waals surface area contributed by atoms with Gasteiger partial charge < -0.3 is 15.2 Å². The summed E-state index contributed by atoms with van der Waals surface area (Å²) >= 11 is 0. The fourth-order valence-electron chi connectivity index (χ4n) is 1.35. The molecule has 4 heteroatoms. The maximum Gasteiger partial charge on any atom is 0.0589 e. The molecule has 1 saturated heterocycles. The molecule has 2 N–H and O–H groups in total. The topological polar surface area (TPSA) is 44.7 Å². The number of aliphatic hydroxyl groups is 1. The number of methoxy groups -OCH3 is 1. The molecule has 0 amide bonds. The Kier molecular flexibility index (Phi) is 4.53. The van der Waals surface area contributed by atoms with Crippen LogP contribution in [0.1, 0.15) is 0 Å². The van der Waals surface area contributed by atoms with Crippen LogP contribution in [0.5, 0.6) is 0 Å². The van der Waals surface area contributed by atoms with Gasteiger partial charge in [0.2, 0.25) is 0 Å². The summed E-state index contributed by atoms with van der Waals surface area (Å²) in [5.41, 5.74) is 0. The third-order valence-electron chi connectivity index (χ3n) is 2.25. The summed E-state index contributed by atoms with van der Waals surface area (Å²) in [6, 6.07) is 0.604. The predicted octanol–water partition coefficient (Wildman–Crippen LogP) is -1.10. The van der Waals surface area contributed by atoms with E-state index in [2.05, 4.69) is 10.2 Å². The van der Waals surface area contributed by atoms with Crippen molar-refractivity contribution < 1.29 is 9.84 Å². The zero-order valence-corrected chi connectivity index (χ0v) is 7.62. The van der Waals surface area contributed by atoms with E-state index in [4.69, 9.17) is 9.84 Å². The first-order valence-electron chi connectivity index (χ1n) is 4.43. The Labute approximate surface area is 73.5 Å². The number of ether oxygens (including phenoxy) is 1. The summed E-state index contributed by atoms with van der Waals surface area (Å²) in [5.74, 6) is 0. The zero-order chi connectivity index (χ0) is 8.81. The van der Waals surface area contributed by atoms with Crippen LogP contribution in [0.4, 0.5) is 0 Å². The molecule has 0 saturated carbocycles. The SMILES string of the molecule is COCCN(CCO)C1CNC1. The molecule has 1 aliphatic heterocycles. The summed E-state index contributed by atoms with van der Waals surface area (Å²) < 4.78 is 4.99. The summed E-state index contributed by atoms with van der Waals surface area (Å²) in [6.07, 6.45) is 0. The smallest absolute Gasteiger partial charge is 0.0589 e. The average molecular weight is 174 g/mol. The van der Waals surface area contributed by atoms with Crippen LogP contribution in [0.25, 0.3) is 0 Å². The number of nitrogens with zero attached hydrogens (tertiary/aromatic N) is 1. The lowest BCUT2D eigenvalue weighted by Gasteiger charge is -2.37. The highest BCUT2D eigenvalue weighted by molar-refractivity contribution is 4.84. The molecule has 0 unspecified atom stereocenters. The Morgan fingerprint density at radius 1 is 1.50 bits per heavy atom. The van der Waals surface area contributed by atoms with Crippen molar-refractivity contribution in [3.8, 4) is 0 Å². The predicted molar refractivity (Wildman–Crippen MR) is 47.2 cm³/mol. The van der Waals surface area contributed by atoms with Gasteiger partial charge >= 0.3 is 0 Å². The van der Waals surface area contributed by atoms with Crippen molar-refractivity contribution in [2.45, 2.75) is 6.04 Å². The molecular weight excluding hydrogens is 156 g/mol. The second-order valence-corrected chi connectivity index (χ2v) is 3.06. The molecule has 4 nitrogen and oxygen atoms in total. The van der Waals surface area contributed by atoms with E-state index in [1.807, 2.05) is 0 Å². The third kappa shape index (κ3) is 2.71. The fraction of sp³-hybridized carbons (Fsp3) is 1.00. The molecule has 0 radical (unpaired) electrons. The Balaban J connectivity index is 2.17. The minimum atomic E-state index is 0.236. The zero-order valence-electron chi connectivity index (χ0n) is 7.62. The molecule has 0 aromatic rings. The van der Waals surface area contributed by atoms with E-state index in [-0.39, 0.29) is 6.61 Å². The van der Waals surface area contributed by atoms with Crippen molar-refractivity contribution in [3.05, 3.63) is 0 Å². The van der Waals surface area contributed by atoms with Crippen LogP contribution in [0, 0.1) is 0 Å². The van der Waals surface area contributed by atoms with Gasteiger partial charge in [-0.15, -0.1) is 0 Å². The van der Waals surface area contributed by atoms with E-state index in [9.17, 15) is 0 Å². The summed E-state index contributed by atoms with van der Waals surface area (Å²) in [7, 11) is 1.70. The van der Waals surface area contributed by atoms with Gasteiger partial charge in [-0.25, -0.2) is 0 Å². The third-order valence-corrected chi connectivity index (χ3v) is 2.25.